The van der Waals surface area contributed by atoms with Crippen molar-refractivity contribution in [3.05, 3.63) is 75.7 Å². The van der Waals surface area contributed by atoms with Crippen LogP contribution in [0.25, 0.3) is 0 Å². The van der Waals surface area contributed by atoms with E-state index in [2.05, 4.69) is 20.8 Å². The number of aromatic amines is 1. The monoisotopic (exact) mass is 398 g/mol. The number of carbonyl (C=O) groups is 2. The molecule has 8 heteroatoms. The first kappa shape index (κ1) is 18.9. The number of nitrogens with zero attached hydrogens (tertiary/aromatic N) is 1. The first-order valence-electron chi connectivity index (χ1n) is 8.34. The topological polar surface area (TPSA) is 86.9 Å². The number of amides is 2. The predicted molar refractivity (Wildman–Crippen MR) is 108 cm³/mol. The van der Waals surface area contributed by atoms with Gasteiger partial charge in [-0.2, -0.15) is 0 Å². The van der Waals surface area contributed by atoms with Crippen LogP contribution >= 0.6 is 23.6 Å². The van der Waals surface area contributed by atoms with Crippen LogP contribution in [0.2, 0.25) is 0 Å². The fourth-order valence-corrected chi connectivity index (χ4v) is 3.35. The number of rotatable bonds is 7. The molecule has 6 nitrogen and oxygen atoms in total. The zero-order valence-electron chi connectivity index (χ0n) is 14.3. The van der Waals surface area contributed by atoms with E-state index in [-0.39, 0.29) is 18.2 Å². The number of anilines is 1. The molecule has 138 valence electrons. The van der Waals surface area contributed by atoms with E-state index >= 15 is 0 Å². The van der Waals surface area contributed by atoms with Gasteiger partial charge in [-0.1, -0.05) is 72.0 Å². The maximum atomic E-state index is 12.7. The van der Waals surface area contributed by atoms with Crippen molar-refractivity contribution in [1.82, 2.24) is 15.5 Å². The van der Waals surface area contributed by atoms with Gasteiger partial charge in [-0.05, 0) is 23.3 Å². The van der Waals surface area contributed by atoms with Gasteiger partial charge >= 0.3 is 0 Å². The number of H-pyrrole nitrogens is 1. The summed E-state index contributed by atoms with van der Waals surface area (Å²) in [4.78, 5) is 25.2. The minimum absolute atomic E-state index is 0.209. The highest BCUT2D eigenvalue weighted by molar-refractivity contribution is 7.73. The molecule has 0 saturated heterocycles. The van der Waals surface area contributed by atoms with E-state index in [4.69, 9.17) is 12.2 Å². The number of hydrogen-bond donors (Lipinski definition) is 3. The molecule has 3 rings (SSSR count). The molecule has 1 aromatic heterocycles. The Hall–Kier alpha value is -2.84. The lowest BCUT2D eigenvalue weighted by molar-refractivity contribution is -0.126. The van der Waals surface area contributed by atoms with Crippen LogP contribution in [0.5, 0.6) is 0 Å². The zero-order valence-corrected chi connectivity index (χ0v) is 16.0. The summed E-state index contributed by atoms with van der Waals surface area (Å²) in [5, 5.41) is 12.5. The van der Waals surface area contributed by atoms with Gasteiger partial charge in [0, 0.05) is 6.42 Å². The lowest BCUT2D eigenvalue weighted by Crippen LogP contribution is -2.45. The van der Waals surface area contributed by atoms with Gasteiger partial charge in [0.1, 0.15) is 6.04 Å². The second-order valence-corrected chi connectivity index (χ2v) is 7.55. The Morgan fingerprint density at radius 2 is 1.67 bits per heavy atom. The van der Waals surface area contributed by atoms with Gasteiger partial charge in [-0.15, -0.1) is 5.10 Å². The SMILES string of the molecule is O=C(Cc1ccccc1)NC(Cc1ccccc1)C(=O)Nc1n[nH]c(=S)s1. The molecule has 2 amide bonds. The van der Waals surface area contributed by atoms with Crippen molar-refractivity contribution in [1.29, 1.82) is 0 Å². The molecule has 3 N–H and O–H groups in total. The summed E-state index contributed by atoms with van der Waals surface area (Å²) < 4.78 is 0.470. The lowest BCUT2D eigenvalue weighted by Gasteiger charge is -2.18. The summed E-state index contributed by atoms with van der Waals surface area (Å²) in [6, 6.07) is 18.2. The third-order valence-corrected chi connectivity index (χ3v) is 4.81. The fraction of sp³-hybridized carbons (Fsp3) is 0.158. The second-order valence-electron chi connectivity index (χ2n) is 5.88. The molecule has 0 aliphatic rings. The van der Waals surface area contributed by atoms with Crippen LogP contribution in [0.15, 0.2) is 60.7 Å². The number of carbonyl (C=O) groups excluding carboxylic acids is 2. The van der Waals surface area contributed by atoms with E-state index in [9.17, 15) is 9.59 Å². The smallest absolute Gasteiger partial charge is 0.249 e. The van der Waals surface area contributed by atoms with Crippen LogP contribution in [-0.2, 0) is 22.4 Å². The van der Waals surface area contributed by atoms with Crippen molar-refractivity contribution in [3.8, 4) is 0 Å². The van der Waals surface area contributed by atoms with E-state index in [0.717, 1.165) is 22.5 Å². The quantitative estimate of drug-likeness (QED) is 0.534. The van der Waals surface area contributed by atoms with Crippen LogP contribution in [0.3, 0.4) is 0 Å². The largest absolute Gasteiger partial charge is 0.344 e. The lowest BCUT2D eigenvalue weighted by atomic mass is 10.0. The molecule has 1 unspecified atom stereocenters. The predicted octanol–water partition coefficient (Wildman–Crippen LogP) is 3.11. The molecule has 0 spiro atoms. The van der Waals surface area contributed by atoms with Crippen molar-refractivity contribution < 1.29 is 9.59 Å². The molecule has 0 saturated carbocycles. The normalized spacial score (nSPS) is 11.6. The average Bonchev–Trinajstić information content (AvgIpc) is 3.07. The molecule has 0 fully saturated rings. The molecule has 2 aromatic carbocycles. The van der Waals surface area contributed by atoms with Gasteiger partial charge in [-0.25, -0.2) is 0 Å². The Morgan fingerprint density at radius 1 is 1.04 bits per heavy atom. The Kier molecular flexibility index (Phi) is 6.45. The van der Waals surface area contributed by atoms with Crippen molar-refractivity contribution in [3.63, 3.8) is 0 Å². The van der Waals surface area contributed by atoms with E-state index in [1.54, 1.807) is 0 Å². The van der Waals surface area contributed by atoms with Crippen molar-refractivity contribution >= 4 is 40.5 Å². The Bertz CT molecular complexity index is 954. The maximum absolute atomic E-state index is 12.7. The van der Waals surface area contributed by atoms with E-state index < -0.39 is 6.04 Å². The van der Waals surface area contributed by atoms with E-state index in [1.807, 2.05) is 60.7 Å². The molecular formula is C19H18N4O2S2. The van der Waals surface area contributed by atoms with Gasteiger partial charge < -0.3 is 5.32 Å². The van der Waals surface area contributed by atoms with Crippen LogP contribution in [0, 0.1) is 3.95 Å². The first-order valence-corrected chi connectivity index (χ1v) is 9.56. The molecule has 1 atom stereocenters. The maximum Gasteiger partial charge on any atom is 0.249 e. The Morgan fingerprint density at radius 3 is 2.26 bits per heavy atom. The molecule has 0 bridgehead atoms. The highest BCUT2D eigenvalue weighted by Crippen LogP contribution is 2.12. The number of hydrogen-bond acceptors (Lipinski definition) is 5. The van der Waals surface area contributed by atoms with Crippen molar-refractivity contribution in [2.24, 2.45) is 0 Å². The van der Waals surface area contributed by atoms with Crippen LogP contribution in [0.1, 0.15) is 11.1 Å². The Balaban J connectivity index is 1.71. The molecule has 0 aliphatic heterocycles. The van der Waals surface area contributed by atoms with Crippen molar-refractivity contribution in [2.45, 2.75) is 18.9 Å². The van der Waals surface area contributed by atoms with Gasteiger partial charge in [0.15, 0.2) is 3.95 Å². The summed E-state index contributed by atoms with van der Waals surface area (Å²) in [7, 11) is 0. The third kappa shape index (κ3) is 5.83. The Labute approximate surface area is 165 Å². The standard InChI is InChI=1S/C19H18N4O2S2/c24-16(12-14-9-5-2-6-10-14)20-15(11-13-7-3-1-4-8-13)17(25)21-18-22-23-19(26)27-18/h1-10,15H,11-12H2,(H,20,24)(H,23,26)(H,21,22,25). The number of nitrogens with one attached hydrogen (secondary N) is 3. The highest BCUT2D eigenvalue weighted by Gasteiger charge is 2.22. The molecule has 27 heavy (non-hydrogen) atoms. The minimum atomic E-state index is -0.721. The van der Waals surface area contributed by atoms with Gasteiger partial charge in [0.05, 0.1) is 6.42 Å². The molecular weight excluding hydrogens is 380 g/mol. The summed E-state index contributed by atoms with van der Waals surface area (Å²) in [6.45, 7) is 0. The minimum Gasteiger partial charge on any atom is -0.344 e. The summed E-state index contributed by atoms with van der Waals surface area (Å²) >= 11 is 6.14. The van der Waals surface area contributed by atoms with Crippen LogP contribution in [0.4, 0.5) is 5.13 Å². The first-order chi connectivity index (χ1) is 13.1. The summed E-state index contributed by atoms with van der Waals surface area (Å²) in [5.41, 5.74) is 1.84. The second kappa shape index (κ2) is 9.20. The van der Waals surface area contributed by atoms with E-state index in [1.165, 1.54) is 0 Å². The van der Waals surface area contributed by atoms with Gasteiger partial charge in [0.25, 0.3) is 0 Å². The van der Waals surface area contributed by atoms with Gasteiger partial charge in [-0.3, -0.25) is 20.0 Å². The van der Waals surface area contributed by atoms with E-state index in [0.29, 0.717) is 15.5 Å². The van der Waals surface area contributed by atoms with Crippen LogP contribution in [-0.4, -0.2) is 28.1 Å². The third-order valence-electron chi connectivity index (χ3n) is 3.81. The summed E-state index contributed by atoms with van der Waals surface area (Å²) in [6.07, 6.45) is 0.587. The average molecular weight is 399 g/mol. The fourth-order valence-electron chi connectivity index (χ4n) is 2.56. The van der Waals surface area contributed by atoms with Crippen LogP contribution < -0.4 is 10.6 Å². The highest BCUT2D eigenvalue weighted by atomic mass is 32.1. The summed E-state index contributed by atoms with van der Waals surface area (Å²) in [5.74, 6) is -0.551. The molecule has 0 radical (unpaired) electrons. The molecule has 1 heterocycles. The van der Waals surface area contributed by atoms with Gasteiger partial charge in [0.2, 0.25) is 16.9 Å². The van der Waals surface area contributed by atoms with Crippen molar-refractivity contribution in [2.75, 3.05) is 5.32 Å². The number of benzene rings is 2. The number of aromatic nitrogens is 2. The molecule has 0 aliphatic carbocycles. The zero-order chi connectivity index (χ0) is 19.1. The molecule has 3 aromatic rings.